The van der Waals surface area contributed by atoms with Crippen molar-refractivity contribution >= 4 is 17.4 Å². The third-order valence-electron chi connectivity index (χ3n) is 2.36. The quantitative estimate of drug-likeness (QED) is 0.622. The molecule has 0 radical (unpaired) electrons. The molecule has 0 atom stereocenters. The van der Waals surface area contributed by atoms with Gasteiger partial charge in [0.2, 0.25) is 0 Å². The molecule has 0 fully saturated rings. The van der Waals surface area contributed by atoms with Crippen molar-refractivity contribution in [3.63, 3.8) is 0 Å². The first-order valence-electron chi connectivity index (χ1n) is 4.59. The maximum Gasteiger partial charge on any atom is 0.130 e. The summed E-state index contributed by atoms with van der Waals surface area (Å²) in [4.78, 5) is 3.95. The Morgan fingerprint density at radius 1 is 1.47 bits per heavy atom. The van der Waals surface area contributed by atoms with Crippen LogP contribution in [0.15, 0.2) is 11.1 Å². The Labute approximate surface area is 94.9 Å². The smallest absolute Gasteiger partial charge is 0.130 e. The van der Waals surface area contributed by atoms with Gasteiger partial charge in [-0.25, -0.2) is 0 Å². The van der Waals surface area contributed by atoms with Gasteiger partial charge in [-0.3, -0.25) is 4.99 Å². The predicted octanol–water partition coefficient (Wildman–Crippen LogP) is 2.30. The van der Waals surface area contributed by atoms with Crippen molar-refractivity contribution in [2.45, 2.75) is 13.8 Å². The van der Waals surface area contributed by atoms with Gasteiger partial charge in [-0.1, -0.05) is 11.6 Å². The third-order valence-corrected chi connectivity index (χ3v) is 2.94. The standard InChI is InChI=1S/C11H15ClN2O/c1-6-5-8(15-4)9(11(13)14-3)7(2)10(6)12/h5H,1-4H3,(H2,13,14). The molecule has 3 nitrogen and oxygen atoms in total. The molecule has 0 aliphatic carbocycles. The van der Waals surface area contributed by atoms with E-state index >= 15 is 0 Å². The largest absolute Gasteiger partial charge is 0.496 e. The number of aryl methyl sites for hydroxylation is 1. The molecule has 0 spiro atoms. The number of nitrogens with zero attached hydrogens (tertiary/aromatic N) is 1. The minimum atomic E-state index is 0.436. The van der Waals surface area contributed by atoms with Gasteiger partial charge in [-0.05, 0) is 31.0 Å². The van der Waals surface area contributed by atoms with Crippen LogP contribution in [0, 0.1) is 13.8 Å². The fraction of sp³-hybridized carbons (Fsp3) is 0.364. The lowest BCUT2D eigenvalue weighted by Crippen LogP contribution is -2.16. The predicted molar refractivity (Wildman–Crippen MR) is 64.1 cm³/mol. The van der Waals surface area contributed by atoms with E-state index in [-0.39, 0.29) is 0 Å². The van der Waals surface area contributed by atoms with Crippen molar-refractivity contribution in [3.05, 3.63) is 27.8 Å². The van der Waals surface area contributed by atoms with Crippen molar-refractivity contribution < 1.29 is 4.74 Å². The van der Waals surface area contributed by atoms with Crippen LogP contribution in [0.4, 0.5) is 0 Å². The molecular formula is C11H15ClN2O. The van der Waals surface area contributed by atoms with Crippen LogP contribution in [-0.2, 0) is 0 Å². The maximum atomic E-state index is 6.15. The molecule has 0 aliphatic rings. The van der Waals surface area contributed by atoms with Crippen molar-refractivity contribution in [2.75, 3.05) is 14.2 Å². The average molecular weight is 227 g/mol. The Morgan fingerprint density at radius 2 is 2.07 bits per heavy atom. The summed E-state index contributed by atoms with van der Waals surface area (Å²) < 4.78 is 5.27. The van der Waals surface area contributed by atoms with Crippen molar-refractivity contribution in [1.29, 1.82) is 0 Å². The van der Waals surface area contributed by atoms with Crippen LogP contribution in [0.3, 0.4) is 0 Å². The zero-order valence-corrected chi connectivity index (χ0v) is 10.1. The second kappa shape index (κ2) is 4.53. The van der Waals surface area contributed by atoms with Crippen molar-refractivity contribution in [3.8, 4) is 5.75 Å². The molecule has 0 bridgehead atoms. The summed E-state index contributed by atoms with van der Waals surface area (Å²) in [5.74, 6) is 1.14. The Kier molecular flexibility index (Phi) is 3.58. The molecule has 0 unspecified atom stereocenters. The van der Waals surface area contributed by atoms with Gasteiger partial charge in [0.1, 0.15) is 11.6 Å². The van der Waals surface area contributed by atoms with Crippen molar-refractivity contribution in [2.24, 2.45) is 10.7 Å². The van der Waals surface area contributed by atoms with E-state index < -0.39 is 0 Å². The summed E-state index contributed by atoms with van der Waals surface area (Å²) >= 11 is 6.15. The summed E-state index contributed by atoms with van der Waals surface area (Å²) in [5, 5.41) is 0.706. The second-order valence-electron chi connectivity index (χ2n) is 3.32. The molecule has 0 amide bonds. The number of aliphatic imine (C=N–C) groups is 1. The van der Waals surface area contributed by atoms with Gasteiger partial charge in [-0.2, -0.15) is 0 Å². The molecule has 0 aromatic heterocycles. The first-order valence-corrected chi connectivity index (χ1v) is 4.97. The highest BCUT2D eigenvalue weighted by Crippen LogP contribution is 2.31. The van der Waals surface area contributed by atoms with Gasteiger partial charge in [0.15, 0.2) is 0 Å². The third kappa shape index (κ3) is 2.07. The molecule has 0 aliphatic heterocycles. The number of rotatable bonds is 2. The van der Waals surface area contributed by atoms with E-state index in [1.807, 2.05) is 19.9 Å². The Balaban J connectivity index is 3.54. The van der Waals surface area contributed by atoms with Gasteiger partial charge >= 0.3 is 0 Å². The first kappa shape index (κ1) is 11.9. The molecule has 4 heteroatoms. The fourth-order valence-electron chi connectivity index (χ4n) is 1.51. The lowest BCUT2D eigenvalue weighted by Gasteiger charge is -2.14. The number of hydrogen-bond acceptors (Lipinski definition) is 2. The van der Waals surface area contributed by atoms with Gasteiger partial charge in [0.05, 0.1) is 12.7 Å². The van der Waals surface area contributed by atoms with Crippen LogP contribution in [0.25, 0.3) is 0 Å². The van der Waals surface area contributed by atoms with E-state index in [4.69, 9.17) is 22.1 Å². The fourth-order valence-corrected chi connectivity index (χ4v) is 1.66. The normalized spacial score (nSPS) is 11.7. The zero-order valence-electron chi connectivity index (χ0n) is 9.39. The molecule has 1 rings (SSSR count). The maximum absolute atomic E-state index is 6.15. The molecule has 15 heavy (non-hydrogen) atoms. The summed E-state index contributed by atoms with van der Waals surface area (Å²) in [6.45, 7) is 3.84. The van der Waals surface area contributed by atoms with E-state index in [0.717, 1.165) is 16.7 Å². The lowest BCUT2D eigenvalue weighted by atomic mass is 10.0. The van der Waals surface area contributed by atoms with E-state index in [2.05, 4.69) is 4.99 Å². The number of methoxy groups -OCH3 is 1. The number of halogens is 1. The van der Waals surface area contributed by atoms with Gasteiger partial charge in [0.25, 0.3) is 0 Å². The summed E-state index contributed by atoms with van der Waals surface area (Å²) in [7, 11) is 3.25. The second-order valence-corrected chi connectivity index (χ2v) is 3.70. The molecular weight excluding hydrogens is 212 g/mol. The number of nitrogens with two attached hydrogens (primary N) is 1. The van der Waals surface area contributed by atoms with Crippen LogP contribution >= 0.6 is 11.6 Å². The van der Waals surface area contributed by atoms with Crippen LogP contribution in [-0.4, -0.2) is 20.0 Å². The number of amidine groups is 1. The van der Waals surface area contributed by atoms with Crippen LogP contribution in [0.5, 0.6) is 5.75 Å². The Hall–Kier alpha value is -1.22. The van der Waals surface area contributed by atoms with Gasteiger partial charge in [0, 0.05) is 12.1 Å². The van der Waals surface area contributed by atoms with E-state index in [1.165, 1.54) is 0 Å². The summed E-state index contributed by atoms with van der Waals surface area (Å²) in [5.41, 5.74) is 8.45. The number of benzene rings is 1. The lowest BCUT2D eigenvalue weighted by molar-refractivity contribution is 0.413. The number of hydrogen-bond donors (Lipinski definition) is 1. The van der Waals surface area contributed by atoms with Crippen LogP contribution < -0.4 is 10.5 Å². The topological polar surface area (TPSA) is 47.6 Å². The molecule has 1 aromatic rings. The first-order chi connectivity index (χ1) is 7.02. The minimum absolute atomic E-state index is 0.436. The highest BCUT2D eigenvalue weighted by Gasteiger charge is 2.14. The van der Waals surface area contributed by atoms with Crippen LogP contribution in [0.1, 0.15) is 16.7 Å². The van der Waals surface area contributed by atoms with E-state index in [1.54, 1.807) is 14.2 Å². The van der Waals surface area contributed by atoms with Gasteiger partial charge in [-0.15, -0.1) is 0 Å². The van der Waals surface area contributed by atoms with Crippen LogP contribution in [0.2, 0.25) is 5.02 Å². The molecule has 0 heterocycles. The number of ether oxygens (including phenoxy) is 1. The summed E-state index contributed by atoms with van der Waals surface area (Å²) in [6.07, 6.45) is 0. The Bertz CT molecular complexity index is 414. The summed E-state index contributed by atoms with van der Waals surface area (Å²) in [6, 6.07) is 1.86. The molecule has 0 saturated carbocycles. The molecule has 1 aromatic carbocycles. The van der Waals surface area contributed by atoms with E-state index in [9.17, 15) is 0 Å². The van der Waals surface area contributed by atoms with Crippen molar-refractivity contribution in [1.82, 2.24) is 0 Å². The monoisotopic (exact) mass is 226 g/mol. The molecule has 2 N–H and O–H groups in total. The molecule has 82 valence electrons. The SMILES string of the molecule is CN=C(N)c1c(OC)cc(C)c(Cl)c1C. The van der Waals surface area contributed by atoms with E-state index in [0.29, 0.717) is 16.6 Å². The average Bonchev–Trinajstić information content (AvgIpc) is 2.24. The minimum Gasteiger partial charge on any atom is -0.496 e. The highest BCUT2D eigenvalue weighted by molar-refractivity contribution is 6.32. The highest BCUT2D eigenvalue weighted by atomic mass is 35.5. The zero-order chi connectivity index (χ0) is 11.6. The van der Waals surface area contributed by atoms with Gasteiger partial charge < -0.3 is 10.5 Å². The Morgan fingerprint density at radius 3 is 2.53 bits per heavy atom. The molecule has 0 saturated heterocycles.